The number of rotatable bonds is 12. The van der Waals surface area contributed by atoms with E-state index in [1.165, 1.54) is 17.4 Å². The number of carbonyl (C=O) groups is 2. The van der Waals surface area contributed by atoms with E-state index in [2.05, 4.69) is 33.7 Å². The molecule has 0 bridgehead atoms. The van der Waals surface area contributed by atoms with Crippen molar-refractivity contribution in [1.29, 1.82) is 0 Å². The van der Waals surface area contributed by atoms with E-state index >= 15 is 0 Å². The van der Waals surface area contributed by atoms with Crippen molar-refractivity contribution in [2.75, 3.05) is 11.9 Å². The molecule has 0 saturated carbocycles. The zero-order valence-corrected chi connectivity index (χ0v) is 20.2. The average molecular weight is 476 g/mol. The number of thiazole rings is 1. The van der Waals surface area contributed by atoms with Crippen molar-refractivity contribution < 1.29 is 9.59 Å². The van der Waals surface area contributed by atoms with E-state index in [9.17, 15) is 9.59 Å². The molecule has 0 fully saturated rings. The van der Waals surface area contributed by atoms with Crippen molar-refractivity contribution >= 4 is 28.2 Å². The standard InChI is InChI=1S/C26H29N5O2S/c1-3-4-10-22(19-31-16-9-15-29-31)13-8-14-23(32)18-28-26-30-20(2)24(34-26)25(33)27-17-21-11-6-5-7-12-21/h4-16H,3,17-19H2,1-2H3,(H,27,33)(H,28,30)/b10-4-,14-8+,22-13+. The number of nitrogens with one attached hydrogen (secondary N) is 2. The molecule has 0 saturated heterocycles. The van der Waals surface area contributed by atoms with Gasteiger partial charge in [0.1, 0.15) is 4.88 Å². The Labute approximate surface area is 203 Å². The molecule has 34 heavy (non-hydrogen) atoms. The molecular formula is C26H29N5O2S. The van der Waals surface area contributed by atoms with Crippen LogP contribution in [-0.4, -0.2) is 33.0 Å². The van der Waals surface area contributed by atoms with Crippen molar-refractivity contribution in [2.24, 2.45) is 0 Å². The van der Waals surface area contributed by atoms with Crippen molar-refractivity contribution in [3.05, 3.63) is 101 Å². The average Bonchev–Trinajstić information content (AvgIpc) is 3.49. The molecule has 0 aliphatic carbocycles. The van der Waals surface area contributed by atoms with Gasteiger partial charge in [-0.1, -0.05) is 72.9 Å². The molecular weight excluding hydrogens is 446 g/mol. The lowest BCUT2D eigenvalue weighted by atomic mass is 10.2. The molecule has 2 N–H and O–H groups in total. The van der Waals surface area contributed by atoms with Crippen LogP contribution in [0.4, 0.5) is 5.13 Å². The number of benzene rings is 1. The van der Waals surface area contributed by atoms with E-state index < -0.39 is 0 Å². The van der Waals surface area contributed by atoms with Crippen LogP contribution in [0.25, 0.3) is 0 Å². The van der Waals surface area contributed by atoms with Gasteiger partial charge in [0.05, 0.1) is 18.8 Å². The summed E-state index contributed by atoms with van der Waals surface area (Å²) in [4.78, 5) is 29.7. The minimum atomic E-state index is -0.173. The van der Waals surface area contributed by atoms with Crippen LogP contribution in [0.2, 0.25) is 0 Å². The van der Waals surface area contributed by atoms with Crippen LogP contribution in [0.15, 0.2) is 84.7 Å². The van der Waals surface area contributed by atoms with Gasteiger partial charge in [0.2, 0.25) is 0 Å². The summed E-state index contributed by atoms with van der Waals surface area (Å²) in [7, 11) is 0. The molecule has 7 nitrogen and oxygen atoms in total. The Morgan fingerprint density at radius 3 is 2.71 bits per heavy atom. The molecule has 2 heterocycles. The maximum absolute atomic E-state index is 12.5. The lowest BCUT2D eigenvalue weighted by Gasteiger charge is -2.03. The zero-order chi connectivity index (χ0) is 24.2. The van der Waals surface area contributed by atoms with E-state index in [1.807, 2.05) is 59.4 Å². The van der Waals surface area contributed by atoms with Gasteiger partial charge in [-0.3, -0.25) is 14.3 Å². The second-order valence-electron chi connectivity index (χ2n) is 7.54. The van der Waals surface area contributed by atoms with Gasteiger partial charge in [0.25, 0.3) is 5.91 Å². The number of aromatic nitrogens is 3. The van der Waals surface area contributed by atoms with Crippen molar-refractivity contribution in [3.8, 4) is 0 Å². The zero-order valence-electron chi connectivity index (χ0n) is 19.4. The Kier molecular flexibility index (Phi) is 9.54. The fourth-order valence-electron chi connectivity index (χ4n) is 3.05. The van der Waals surface area contributed by atoms with Crippen molar-refractivity contribution in [2.45, 2.75) is 33.4 Å². The first kappa shape index (κ1) is 24.9. The van der Waals surface area contributed by atoms with Crippen LogP contribution in [0.3, 0.4) is 0 Å². The van der Waals surface area contributed by atoms with E-state index in [0.717, 1.165) is 17.6 Å². The Bertz CT molecular complexity index is 1160. The van der Waals surface area contributed by atoms with Gasteiger partial charge < -0.3 is 10.6 Å². The Balaban J connectivity index is 1.51. The number of ketones is 1. The first-order chi connectivity index (χ1) is 16.5. The molecule has 1 amide bonds. The lowest BCUT2D eigenvalue weighted by Crippen LogP contribution is -2.22. The van der Waals surface area contributed by atoms with Crippen LogP contribution in [0.1, 0.15) is 34.3 Å². The predicted molar refractivity (Wildman–Crippen MR) is 137 cm³/mol. The maximum Gasteiger partial charge on any atom is 0.263 e. The third-order valence-electron chi connectivity index (χ3n) is 4.78. The van der Waals surface area contributed by atoms with Gasteiger partial charge in [-0.25, -0.2) is 4.98 Å². The van der Waals surface area contributed by atoms with Crippen LogP contribution in [0, 0.1) is 6.92 Å². The quantitative estimate of drug-likeness (QED) is 0.293. The topological polar surface area (TPSA) is 88.9 Å². The molecule has 0 aliphatic rings. The molecule has 2 aromatic heterocycles. The molecule has 3 rings (SSSR count). The minimum absolute atomic E-state index is 0.0860. The van der Waals surface area contributed by atoms with E-state index in [0.29, 0.717) is 28.8 Å². The first-order valence-corrected chi connectivity index (χ1v) is 11.9. The molecule has 3 aromatic rings. The van der Waals surface area contributed by atoms with E-state index in [-0.39, 0.29) is 18.2 Å². The molecule has 0 aliphatic heterocycles. The Morgan fingerprint density at radius 2 is 1.97 bits per heavy atom. The highest BCUT2D eigenvalue weighted by atomic mass is 32.1. The summed E-state index contributed by atoms with van der Waals surface area (Å²) in [5.74, 6) is -0.259. The van der Waals surface area contributed by atoms with Gasteiger partial charge in [0.15, 0.2) is 10.9 Å². The number of aryl methyl sites for hydroxylation is 1. The highest BCUT2D eigenvalue weighted by Crippen LogP contribution is 2.22. The number of nitrogens with zero attached hydrogens (tertiary/aromatic N) is 3. The first-order valence-electron chi connectivity index (χ1n) is 11.1. The summed E-state index contributed by atoms with van der Waals surface area (Å²) in [6, 6.07) is 11.6. The van der Waals surface area contributed by atoms with Crippen LogP contribution < -0.4 is 10.6 Å². The number of allylic oxidation sites excluding steroid dienone is 5. The van der Waals surface area contributed by atoms with Gasteiger partial charge in [0, 0.05) is 18.9 Å². The fourth-order valence-corrected chi connectivity index (χ4v) is 3.93. The van der Waals surface area contributed by atoms with Crippen molar-refractivity contribution in [1.82, 2.24) is 20.1 Å². The Morgan fingerprint density at radius 1 is 1.15 bits per heavy atom. The second kappa shape index (κ2) is 13.1. The summed E-state index contributed by atoms with van der Waals surface area (Å²) in [6.07, 6.45) is 13.9. The molecule has 0 radical (unpaired) electrons. The smallest absolute Gasteiger partial charge is 0.263 e. The van der Waals surface area contributed by atoms with Gasteiger partial charge in [-0.15, -0.1) is 0 Å². The molecule has 176 valence electrons. The van der Waals surface area contributed by atoms with Crippen LogP contribution >= 0.6 is 11.3 Å². The SMILES string of the molecule is CC\C=C/C(=C\C=C\C(=O)CNc1nc(C)c(C(=O)NCc2ccccc2)s1)Cn1cccn1. The summed E-state index contributed by atoms with van der Waals surface area (Å²) < 4.78 is 1.83. The van der Waals surface area contributed by atoms with E-state index in [4.69, 9.17) is 0 Å². The van der Waals surface area contributed by atoms with E-state index in [1.54, 1.807) is 19.2 Å². The third kappa shape index (κ3) is 7.97. The summed E-state index contributed by atoms with van der Waals surface area (Å²) >= 11 is 1.24. The number of amides is 1. The molecule has 0 spiro atoms. The highest BCUT2D eigenvalue weighted by molar-refractivity contribution is 7.17. The third-order valence-corrected chi connectivity index (χ3v) is 5.89. The number of hydrogen-bond donors (Lipinski definition) is 2. The van der Waals surface area contributed by atoms with Gasteiger partial charge in [-0.2, -0.15) is 5.10 Å². The summed E-state index contributed by atoms with van der Waals surface area (Å²) in [6.45, 7) is 5.05. The Hall–Kier alpha value is -3.78. The molecule has 0 unspecified atom stereocenters. The predicted octanol–water partition coefficient (Wildman–Crippen LogP) is 4.71. The molecule has 1 aromatic carbocycles. The summed E-state index contributed by atoms with van der Waals surface area (Å²) in [5, 5.41) is 10.7. The second-order valence-corrected chi connectivity index (χ2v) is 8.54. The molecule has 0 atom stereocenters. The monoisotopic (exact) mass is 475 g/mol. The minimum Gasteiger partial charge on any atom is -0.354 e. The van der Waals surface area contributed by atoms with Gasteiger partial charge >= 0.3 is 0 Å². The van der Waals surface area contributed by atoms with Gasteiger partial charge in [-0.05, 0) is 36.6 Å². The number of hydrogen-bond acceptors (Lipinski definition) is 6. The largest absolute Gasteiger partial charge is 0.354 e. The molecule has 8 heteroatoms. The van der Waals surface area contributed by atoms with Crippen LogP contribution in [0.5, 0.6) is 0 Å². The normalized spacial score (nSPS) is 11.9. The number of anilines is 1. The van der Waals surface area contributed by atoms with Crippen molar-refractivity contribution in [3.63, 3.8) is 0 Å². The maximum atomic E-state index is 12.5. The van der Waals surface area contributed by atoms with Crippen LogP contribution in [-0.2, 0) is 17.9 Å². The summed E-state index contributed by atoms with van der Waals surface area (Å²) in [5.41, 5.74) is 2.71. The fraction of sp³-hybridized carbons (Fsp3) is 0.231. The number of carbonyl (C=O) groups excluding carboxylic acids is 2. The lowest BCUT2D eigenvalue weighted by molar-refractivity contribution is -0.113. The highest BCUT2D eigenvalue weighted by Gasteiger charge is 2.15.